The van der Waals surface area contributed by atoms with Crippen LogP contribution in [-0.4, -0.2) is 15.7 Å². The molecule has 0 heterocycles. The summed E-state index contributed by atoms with van der Waals surface area (Å²) in [6.07, 6.45) is 0. The Kier molecular flexibility index (Phi) is 4.28. The van der Waals surface area contributed by atoms with Crippen LogP contribution >= 0.6 is 11.6 Å². The molecule has 88 valence electrons. The minimum Gasteiger partial charge on any atom is -0.298 e. The number of Topliss-reactive ketones (excluding diaryl/α,β-unsaturated/α-hetero) is 1. The molecule has 0 aliphatic rings. The van der Waals surface area contributed by atoms with E-state index < -0.39 is 16.2 Å². The van der Waals surface area contributed by atoms with E-state index in [4.69, 9.17) is 11.6 Å². The van der Waals surface area contributed by atoms with Crippen LogP contribution < -0.4 is 0 Å². The monoisotopic (exact) mass is 258 g/mol. The van der Waals surface area contributed by atoms with Crippen LogP contribution in [0, 0.1) is 5.41 Å². The molecular weight excluding hydrogens is 244 g/mol. The normalized spacial score (nSPS) is 13.5. The van der Waals surface area contributed by atoms with Gasteiger partial charge in [0.15, 0.2) is 5.78 Å². The Bertz CT molecular complexity index is 421. The first-order valence-electron chi connectivity index (χ1n) is 4.98. The molecule has 2 nitrogen and oxygen atoms in total. The third kappa shape index (κ3) is 3.72. The number of benzene rings is 1. The molecule has 0 radical (unpaired) electrons. The lowest BCUT2D eigenvalue weighted by molar-refractivity contribution is -0.123. The van der Waals surface area contributed by atoms with Crippen LogP contribution in [-0.2, 0) is 15.6 Å². The van der Waals surface area contributed by atoms with Crippen LogP contribution in [0.4, 0.5) is 0 Å². The van der Waals surface area contributed by atoms with E-state index >= 15 is 0 Å². The van der Waals surface area contributed by atoms with E-state index in [1.807, 2.05) is 20.8 Å². The first kappa shape index (κ1) is 13.4. The fourth-order valence-electron chi connectivity index (χ4n) is 1.03. The standard InChI is InChI=1S/C12H15ClO2S/c1-12(2,3)11(14)8-16(15)10-6-4-5-9(13)7-10/h4-7H,8H2,1-3H3. The van der Waals surface area contributed by atoms with Crippen LogP contribution in [0.1, 0.15) is 20.8 Å². The summed E-state index contributed by atoms with van der Waals surface area (Å²) < 4.78 is 11.9. The topological polar surface area (TPSA) is 34.1 Å². The van der Waals surface area contributed by atoms with Gasteiger partial charge in [-0.2, -0.15) is 0 Å². The molecule has 0 aliphatic heterocycles. The number of ketones is 1. The van der Waals surface area contributed by atoms with Gasteiger partial charge in [0.1, 0.15) is 0 Å². The quantitative estimate of drug-likeness (QED) is 0.835. The highest BCUT2D eigenvalue weighted by molar-refractivity contribution is 7.85. The molecule has 0 saturated carbocycles. The lowest BCUT2D eigenvalue weighted by Crippen LogP contribution is -2.25. The maximum absolute atomic E-state index is 11.9. The van der Waals surface area contributed by atoms with E-state index in [2.05, 4.69) is 0 Å². The molecule has 0 fully saturated rings. The molecule has 0 N–H and O–H groups in total. The summed E-state index contributed by atoms with van der Waals surface area (Å²) in [5.41, 5.74) is -0.450. The Morgan fingerprint density at radius 1 is 1.38 bits per heavy atom. The van der Waals surface area contributed by atoms with Crippen molar-refractivity contribution in [2.24, 2.45) is 5.41 Å². The van der Waals surface area contributed by atoms with Crippen LogP contribution in [0.5, 0.6) is 0 Å². The minimum absolute atomic E-state index is 0.00851. The molecular formula is C12H15ClO2S. The summed E-state index contributed by atoms with van der Waals surface area (Å²) in [7, 11) is -1.30. The highest BCUT2D eigenvalue weighted by Crippen LogP contribution is 2.19. The molecule has 4 heteroatoms. The largest absolute Gasteiger partial charge is 0.298 e. The smallest absolute Gasteiger partial charge is 0.151 e. The summed E-state index contributed by atoms with van der Waals surface area (Å²) >= 11 is 5.80. The first-order chi connectivity index (χ1) is 7.30. The second kappa shape index (κ2) is 5.11. The van der Waals surface area contributed by atoms with Gasteiger partial charge in [0.05, 0.1) is 16.6 Å². The van der Waals surface area contributed by atoms with Crippen LogP contribution in [0.15, 0.2) is 29.2 Å². The second-order valence-corrected chi connectivity index (χ2v) is 6.51. The van der Waals surface area contributed by atoms with Gasteiger partial charge in [-0.25, -0.2) is 0 Å². The molecule has 1 rings (SSSR count). The molecule has 0 bridgehead atoms. The third-order valence-corrected chi connectivity index (χ3v) is 3.70. The van der Waals surface area contributed by atoms with E-state index in [-0.39, 0.29) is 11.5 Å². The second-order valence-electron chi connectivity index (χ2n) is 4.62. The Labute approximate surface area is 103 Å². The Hall–Kier alpha value is -0.670. The molecule has 0 aromatic heterocycles. The predicted molar refractivity (Wildman–Crippen MR) is 67.2 cm³/mol. The van der Waals surface area contributed by atoms with Gasteiger partial charge in [0.2, 0.25) is 0 Å². The van der Waals surface area contributed by atoms with Crippen LogP contribution in [0.2, 0.25) is 5.02 Å². The van der Waals surface area contributed by atoms with Crippen molar-refractivity contribution in [2.45, 2.75) is 25.7 Å². The van der Waals surface area contributed by atoms with Crippen molar-refractivity contribution in [3.05, 3.63) is 29.3 Å². The van der Waals surface area contributed by atoms with E-state index in [0.717, 1.165) is 0 Å². The number of carbonyl (C=O) groups is 1. The van der Waals surface area contributed by atoms with Crippen molar-refractivity contribution < 1.29 is 9.00 Å². The summed E-state index contributed by atoms with van der Waals surface area (Å²) in [5.74, 6) is 0.0370. The average molecular weight is 259 g/mol. The van der Waals surface area contributed by atoms with Crippen molar-refractivity contribution in [1.29, 1.82) is 0 Å². The van der Waals surface area contributed by atoms with Gasteiger partial charge in [-0.3, -0.25) is 9.00 Å². The van der Waals surface area contributed by atoms with Gasteiger partial charge >= 0.3 is 0 Å². The van der Waals surface area contributed by atoms with Crippen LogP contribution in [0.25, 0.3) is 0 Å². The van der Waals surface area contributed by atoms with E-state index in [1.165, 1.54) is 0 Å². The molecule has 0 amide bonds. The lowest BCUT2D eigenvalue weighted by atomic mass is 9.92. The molecule has 16 heavy (non-hydrogen) atoms. The molecule has 1 atom stereocenters. The minimum atomic E-state index is -1.30. The molecule has 0 aliphatic carbocycles. The Morgan fingerprint density at radius 3 is 2.50 bits per heavy atom. The highest BCUT2D eigenvalue weighted by Gasteiger charge is 2.23. The highest BCUT2D eigenvalue weighted by atomic mass is 35.5. The maximum Gasteiger partial charge on any atom is 0.151 e. The molecule has 1 aromatic carbocycles. The number of hydrogen-bond donors (Lipinski definition) is 0. The van der Waals surface area contributed by atoms with Gasteiger partial charge in [-0.15, -0.1) is 0 Å². The fraction of sp³-hybridized carbons (Fsp3) is 0.417. The summed E-state index contributed by atoms with van der Waals surface area (Å²) in [5, 5.41) is 0.536. The van der Waals surface area contributed by atoms with Gasteiger partial charge in [-0.05, 0) is 18.2 Å². The number of carbonyl (C=O) groups excluding carboxylic acids is 1. The first-order valence-corrected chi connectivity index (χ1v) is 6.67. The predicted octanol–water partition coefficient (Wildman–Crippen LogP) is 3.06. The maximum atomic E-state index is 11.9. The van der Waals surface area contributed by atoms with E-state index in [9.17, 15) is 9.00 Å². The third-order valence-electron chi connectivity index (χ3n) is 2.16. The van der Waals surface area contributed by atoms with Crippen molar-refractivity contribution in [3.8, 4) is 0 Å². The number of rotatable bonds is 3. The summed E-state index contributed by atoms with van der Waals surface area (Å²) in [4.78, 5) is 12.3. The van der Waals surface area contributed by atoms with Gasteiger partial charge in [-0.1, -0.05) is 38.4 Å². The zero-order valence-electron chi connectivity index (χ0n) is 9.62. The SMILES string of the molecule is CC(C)(C)C(=O)CS(=O)c1cccc(Cl)c1. The fourth-order valence-corrected chi connectivity index (χ4v) is 2.61. The molecule has 1 unspecified atom stereocenters. The molecule has 1 aromatic rings. The average Bonchev–Trinajstić information content (AvgIpc) is 2.16. The Morgan fingerprint density at radius 2 is 2.00 bits per heavy atom. The zero-order chi connectivity index (χ0) is 12.3. The molecule has 0 spiro atoms. The molecule has 0 saturated heterocycles. The van der Waals surface area contributed by atoms with Gasteiger partial charge in [0.25, 0.3) is 0 Å². The summed E-state index contributed by atoms with van der Waals surface area (Å²) in [6, 6.07) is 6.80. The van der Waals surface area contributed by atoms with Crippen molar-refractivity contribution in [1.82, 2.24) is 0 Å². The van der Waals surface area contributed by atoms with Crippen molar-refractivity contribution >= 4 is 28.2 Å². The lowest BCUT2D eigenvalue weighted by Gasteiger charge is -2.15. The van der Waals surface area contributed by atoms with Gasteiger partial charge in [0, 0.05) is 15.3 Å². The van der Waals surface area contributed by atoms with E-state index in [0.29, 0.717) is 9.92 Å². The van der Waals surface area contributed by atoms with Crippen molar-refractivity contribution in [3.63, 3.8) is 0 Å². The van der Waals surface area contributed by atoms with Crippen molar-refractivity contribution in [2.75, 3.05) is 5.75 Å². The van der Waals surface area contributed by atoms with E-state index in [1.54, 1.807) is 24.3 Å². The number of halogens is 1. The van der Waals surface area contributed by atoms with Gasteiger partial charge < -0.3 is 0 Å². The van der Waals surface area contributed by atoms with Crippen LogP contribution in [0.3, 0.4) is 0 Å². The summed E-state index contributed by atoms with van der Waals surface area (Å²) in [6.45, 7) is 5.47. The number of hydrogen-bond acceptors (Lipinski definition) is 2. The Balaban J connectivity index is 2.78. The zero-order valence-corrected chi connectivity index (χ0v) is 11.2.